The summed E-state index contributed by atoms with van der Waals surface area (Å²) in [4.78, 5) is 12.3. The summed E-state index contributed by atoms with van der Waals surface area (Å²) in [5.41, 5.74) is 2.56. The molecule has 0 spiro atoms. The average Bonchev–Trinajstić information content (AvgIpc) is 3.36. The number of benzene rings is 2. The molecule has 4 rings (SSSR count). The minimum absolute atomic E-state index is 0.0779. The van der Waals surface area contributed by atoms with E-state index in [0.29, 0.717) is 24.4 Å². The number of nitrogens with one attached hydrogen (secondary N) is 1. The van der Waals surface area contributed by atoms with Crippen LogP contribution in [0, 0.1) is 0 Å². The number of aryl methyl sites for hydroxylation is 2. The number of furan rings is 1. The summed E-state index contributed by atoms with van der Waals surface area (Å²) in [6.07, 6.45) is 0.864. The second-order valence-corrected chi connectivity index (χ2v) is 6.39. The van der Waals surface area contributed by atoms with Crippen LogP contribution in [-0.4, -0.2) is 26.1 Å². The summed E-state index contributed by atoms with van der Waals surface area (Å²) in [7, 11) is 1.77. The fraction of sp³-hybridized carbons (Fsp3) is 0.143. The van der Waals surface area contributed by atoms with Gasteiger partial charge in [0.05, 0.1) is 0 Å². The van der Waals surface area contributed by atoms with Gasteiger partial charge in [-0.15, -0.1) is 5.10 Å². The van der Waals surface area contributed by atoms with E-state index in [0.717, 1.165) is 22.6 Å². The third-order valence-corrected chi connectivity index (χ3v) is 4.34. The molecular weight excluding hydrogens is 354 g/mol. The Morgan fingerprint density at radius 2 is 1.86 bits per heavy atom. The van der Waals surface area contributed by atoms with Crippen LogP contribution in [0.3, 0.4) is 0 Å². The largest absolute Gasteiger partial charge is 0.461 e. The Balaban J connectivity index is 1.37. The lowest BCUT2D eigenvalue weighted by Crippen LogP contribution is -2.12. The molecule has 0 atom stereocenters. The average molecular weight is 373 g/mol. The molecule has 2 heterocycles. The highest BCUT2D eigenvalue weighted by Crippen LogP contribution is 2.23. The molecule has 1 amide bonds. The molecule has 0 aliphatic rings. The fourth-order valence-corrected chi connectivity index (χ4v) is 2.94. The zero-order valence-corrected chi connectivity index (χ0v) is 15.4. The molecule has 1 N–H and O–H groups in total. The molecule has 0 aliphatic heterocycles. The summed E-state index contributed by atoms with van der Waals surface area (Å²) in [6.45, 7) is 0. The lowest BCUT2D eigenvalue weighted by molar-refractivity contribution is -0.116. The molecule has 28 heavy (non-hydrogen) atoms. The van der Waals surface area contributed by atoms with Crippen LogP contribution in [0.2, 0.25) is 0 Å². The molecule has 0 aliphatic carbocycles. The summed E-state index contributed by atoms with van der Waals surface area (Å²) >= 11 is 0. The molecular formula is C21H19N5O2. The highest BCUT2D eigenvalue weighted by Gasteiger charge is 2.10. The van der Waals surface area contributed by atoms with Crippen molar-refractivity contribution in [1.29, 1.82) is 0 Å². The van der Waals surface area contributed by atoms with E-state index in [-0.39, 0.29) is 5.91 Å². The number of aromatic nitrogens is 4. The van der Waals surface area contributed by atoms with Crippen molar-refractivity contribution in [1.82, 2.24) is 20.2 Å². The molecule has 0 fully saturated rings. The van der Waals surface area contributed by atoms with Crippen LogP contribution in [0.5, 0.6) is 0 Å². The van der Waals surface area contributed by atoms with Crippen LogP contribution < -0.4 is 5.32 Å². The van der Waals surface area contributed by atoms with Crippen LogP contribution in [-0.2, 0) is 18.3 Å². The van der Waals surface area contributed by atoms with Crippen molar-refractivity contribution in [3.63, 3.8) is 0 Å². The minimum atomic E-state index is -0.0779. The molecule has 140 valence electrons. The second kappa shape index (κ2) is 7.87. The second-order valence-electron chi connectivity index (χ2n) is 6.39. The van der Waals surface area contributed by atoms with Gasteiger partial charge in [-0.1, -0.05) is 42.5 Å². The van der Waals surface area contributed by atoms with Crippen LogP contribution in [0.25, 0.3) is 22.7 Å². The van der Waals surface area contributed by atoms with Crippen molar-refractivity contribution in [3.8, 4) is 22.7 Å². The van der Waals surface area contributed by atoms with Gasteiger partial charge in [-0.3, -0.25) is 4.79 Å². The SMILES string of the molecule is Cn1nnnc1-c1cccc(NC(=O)CCc2ccc(-c3ccccc3)o2)c1. The molecule has 2 aromatic heterocycles. The zero-order chi connectivity index (χ0) is 19.3. The predicted molar refractivity (Wildman–Crippen MR) is 105 cm³/mol. The maximum Gasteiger partial charge on any atom is 0.224 e. The van der Waals surface area contributed by atoms with Crippen molar-refractivity contribution in [3.05, 3.63) is 72.5 Å². The van der Waals surface area contributed by atoms with Crippen molar-refractivity contribution >= 4 is 11.6 Å². The number of rotatable bonds is 6. The topological polar surface area (TPSA) is 85.8 Å². The normalized spacial score (nSPS) is 10.8. The van der Waals surface area contributed by atoms with Crippen molar-refractivity contribution in [2.75, 3.05) is 5.32 Å². The molecule has 7 nitrogen and oxygen atoms in total. The van der Waals surface area contributed by atoms with Crippen LogP contribution in [0.15, 0.2) is 71.1 Å². The zero-order valence-electron chi connectivity index (χ0n) is 15.4. The van der Waals surface area contributed by atoms with E-state index >= 15 is 0 Å². The van der Waals surface area contributed by atoms with Gasteiger partial charge in [-0.05, 0) is 34.7 Å². The first-order valence-corrected chi connectivity index (χ1v) is 8.96. The first kappa shape index (κ1) is 17.7. The molecule has 0 saturated heterocycles. The molecule has 0 bridgehead atoms. The number of hydrogen-bond acceptors (Lipinski definition) is 5. The van der Waals surface area contributed by atoms with Crippen molar-refractivity contribution < 1.29 is 9.21 Å². The first-order chi connectivity index (χ1) is 13.7. The van der Waals surface area contributed by atoms with Crippen molar-refractivity contribution in [2.24, 2.45) is 7.05 Å². The number of hydrogen-bond donors (Lipinski definition) is 1. The van der Waals surface area contributed by atoms with Gasteiger partial charge >= 0.3 is 0 Å². The number of tetrazole rings is 1. The standard InChI is InChI=1S/C21H19N5O2/c1-26-21(23-24-25-26)16-8-5-9-17(14-16)22-20(27)13-11-18-10-12-19(28-18)15-6-3-2-4-7-15/h2-10,12,14H,11,13H2,1H3,(H,22,27). The van der Waals surface area contributed by atoms with Gasteiger partial charge in [0.15, 0.2) is 5.82 Å². The maximum absolute atomic E-state index is 12.3. The van der Waals surface area contributed by atoms with Gasteiger partial charge in [0, 0.05) is 36.7 Å². The Hall–Kier alpha value is -3.74. The molecule has 0 radical (unpaired) electrons. The highest BCUT2D eigenvalue weighted by molar-refractivity contribution is 5.91. The molecule has 7 heteroatoms. The number of nitrogens with zero attached hydrogens (tertiary/aromatic N) is 4. The van der Waals surface area contributed by atoms with Gasteiger partial charge in [0.2, 0.25) is 5.91 Å². The summed E-state index contributed by atoms with van der Waals surface area (Å²) in [5.74, 6) is 2.15. The van der Waals surface area contributed by atoms with Gasteiger partial charge in [0.1, 0.15) is 11.5 Å². The smallest absolute Gasteiger partial charge is 0.224 e. The van der Waals surface area contributed by atoms with E-state index < -0.39 is 0 Å². The minimum Gasteiger partial charge on any atom is -0.461 e. The van der Waals surface area contributed by atoms with Gasteiger partial charge in [-0.2, -0.15) is 0 Å². The Labute approximate surface area is 162 Å². The number of anilines is 1. The monoisotopic (exact) mass is 373 g/mol. The van der Waals surface area contributed by atoms with E-state index in [1.807, 2.05) is 66.7 Å². The molecule has 0 unspecified atom stereocenters. The molecule has 0 saturated carbocycles. The summed E-state index contributed by atoms with van der Waals surface area (Å²) in [6, 6.07) is 21.2. The Kier molecular flexibility index (Phi) is 4.97. The Morgan fingerprint density at radius 1 is 1.04 bits per heavy atom. The van der Waals surface area contributed by atoms with Crippen LogP contribution in [0.4, 0.5) is 5.69 Å². The van der Waals surface area contributed by atoms with E-state index in [1.165, 1.54) is 0 Å². The van der Waals surface area contributed by atoms with Crippen LogP contribution in [0.1, 0.15) is 12.2 Å². The molecule has 4 aromatic rings. The highest BCUT2D eigenvalue weighted by atomic mass is 16.3. The first-order valence-electron chi connectivity index (χ1n) is 8.96. The summed E-state index contributed by atoms with van der Waals surface area (Å²) in [5, 5.41) is 14.4. The Bertz CT molecular complexity index is 1080. The fourth-order valence-electron chi connectivity index (χ4n) is 2.94. The van der Waals surface area contributed by atoms with Crippen LogP contribution >= 0.6 is 0 Å². The lowest BCUT2D eigenvalue weighted by atomic mass is 10.1. The van der Waals surface area contributed by atoms with Gasteiger partial charge in [-0.25, -0.2) is 4.68 Å². The number of carbonyl (C=O) groups is 1. The van der Waals surface area contributed by atoms with E-state index in [1.54, 1.807) is 11.7 Å². The van der Waals surface area contributed by atoms with E-state index in [4.69, 9.17) is 4.42 Å². The van der Waals surface area contributed by atoms with Gasteiger partial charge < -0.3 is 9.73 Å². The molecule has 2 aromatic carbocycles. The maximum atomic E-state index is 12.3. The Morgan fingerprint density at radius 3 is 2.64 bits per heavy atom. The lowest BCUT2D eigenvalue weighted by Gasteiger charge is -2.06. The third-order valence-electron chi connectivity index (χ3n) is 4.34. The van der Waals surface area contributed by atoms with Gasteiger partial charge in [0.25, 0.3) is 0 Å². The predicted octanol–water partition coefficient (Wildman–Crippen LogP) is 3.71. The number of amides is 1. The van der Waals surface area contributed by atoms with Crippen molar-refractivity contribution in [2.45, 2.75) is 12.8 Å². The quantitative estimate of drug-likeness (QED) is 0.557. The van der Waals surface area contributed by atoms with E-state index in [2.05, 4.69) is 20.8 Å². The summed E-state index contributed by atoms with van der Waals surface area (Å²) < 4.78 is 7.43. The van der Waals surface area contributed by atoms with E-state index in [9.17, 15) is 4.79 Å². The third kappa shape index (κ3) is 3.98. The number of carbonyl (C=O) groups excluding carboxylic acids is 1.